The van der Waals surface area contributed by atoms with Crippen molar-refractivity contribution in [3.63, 3.8) is 0 Å². The Morgan fingerprint density at radius 1 is 0.879 bits per heavy atom. The predicted octanol–water partition coefficient (Wildman–Crippen LogP) is 2.99. The second kappa shape index (κ2) is 8.63. The van der Waals surface area contributed by atoms with Crippen molar-refractivity contribution in [3.05, 3.63) is 96.8 Å². The molecule has 10 heteroatoms. The number of hydrogen-bond donors (Lipinski definition) is 3. The minimum atomic E-state index is -0.663. The molecule has 0 atom stereocenters. The highest BCUT2D eigenvalue weighted by Gasteiger charge is 2.21. The van der Waals surface area contributed by atoms with Crippen LogP contribution in [0.15, 0.2) is 89.9 Å². The Morgan fingerprint density at radius 3 is 2.33 bits per heavy atom. The van der Waals surface area contributed by atoms with Crippen LogP contribution in [0.2, 0.25) is 0 Å². The van der Waals surface area contributed by atoms with E-state index in [2.05, 4.69) is 31.1 Å². The lowest BCUT2D eigenvalue weighted by Gasteiger charge is -2.05. The Hall–Kier alpha value is -4.99. The Balaban J connectivity index is 1.38. The molecular weight excluding hydrogens is 422 g/mol. The topological polar surface area (TPSA) is 131 Å². The maximum atomic E-state index is 12.8. The van der Waals surface area contributed by atoms with Gasteiger partial charge in [0.25, 0.3) is 5.91 Å². The van der Waals surface area contributed by atoms with Crippen LogP contribution >= 0.6 is 0 Å². The molecule has 5 aromatic rings. The van der Waals surface area contributed by atoms with Gasteiger partial charge < -0.3 is 4.42 Å². The molecule has 3 N–H and O–H groups in total. The number of amides is 2. The zero-order chi connectivity index (χ0) is 22.6. The normalized spacial score (nSPS) is 10.7. The van der Waals surface area contributed by atoms with E-state index < -0.39 is 11.8 Å². The van der Waals surface area contributed by atoms with Crippen LogP contribution in [0.4, 0.5) is 0 Å². The second-order valence-corrected chi connectivity index (χ2v) is 6.95. The van der Waals surface area contributed by atoms with E-state index in [9.17, 15) is 9.59 Å². The van der Waals surface area contributed by atoms with Gasteiger partial charge in [0.15, 0.2) is 5.82 Å². The van der Waals surface area contributed by atoms with Crippen molar-refractivity contribution in [2.75, 3.05) is 0 Å². The summed E-state index contributed by atoms with van der Waals surface area (Å²) in [6.07, 6.45) is 4.33. The van der Waals surface area contributed by atoms with Gasteiger partial charge in [-0.05, 0) is 18.2 Å². The van der Waals surface area contributed by atoms with E-state index >= 15 is 0 Å². The number of hydrazine groups is 1. The van der Waals surface area contributed by atoms with Gasteiger partial charge in [-0.15, -0.1) is 5.10 Å². The molecule has 0 aliphatic rings. The number of furan rings is 1. The molecule has 2 amide bonds. The van der Waals surface area contributed by atoms with E-state index in [0.29, 0.717) is 17.1 Å². The van der Waals surface area contributed by atoms with Gasteiger partial charge in [-0.25, -0.2) is 9.67 Å². The van der Waals surface area contributed by atoms with E-state index in [1.807, 2.05) is 60.7 Å². The first-order chi connectivity index (χ1) is 16.2. The highest BCUT2D eigenvalue weighted by atomic mass is 16.3. The minimum absolute atomic E-state index is 0.0970. The van der Waals surface area contributed by atoms with E-state index in [4.69, 9.17) is 4.42 Å². The lowest BCUT2D eigenvalue weighted by Crippen LogP contribution is -2.42. The zero-order valence-corrected chi connectivity index (χ0v) is 17.1. The molecule has 0 saturated heterocycles. The molecule has 2 aromatic carbocycles. The summed E-state index contributed by atoms with van der Waals surface area (Å²) in [4.78, 5) is 29.8. The fourth-order valence-corrected chi connectivity index (χ4v) is 3.25. The Morgan fingerprint density at radius 2 is 1.61 bits per heavy atom. The Bertz CT molecular complexity index is 1330. The third kappa shape index (κ3) is 4.00. The quantitative estimate of drug-likeness (QED) is 0.361. The molecule has 0 bridgehead atoms. The van der Waals surface area contributed by atoms with Gasteiger partial charge in [0, 0.05) is 11.1 Å². The van der Waals surface area contributed by atoms with Crippen molar-refractivity contribution in [1.82, 2.24) is 35.8 Å². The molecule has 5 rings (SSSR count). The number of aromatic nitrogens is 5. The summed E-state index contributed by atoms with van der Waals surface area (Å²) < 4.78 is 6.63. The van der Waals surface area contributed by atoms with E-state index in [1.165, 1.54) is 18.7 Å². The van der Waals surface area contributed by atoms with Gasteiger partial charge >= 0.3 is 5.91 Å². The van der Waals surface area contributed by atoms with Gasteiger partial charge in [0.05, 0.1) is 35.7 Å². The number of nitrogens with one attached hydrogen (secondary N) is 3. The van der Waals surface area contributed by atoms with Crippen molar-refractivity contribution in [1.29, 1.82) is 0 Å². The SMILES string of the molecule is O=C(NNC(=O)c1cn[nH]c1-c1ccoc1)c1nc(-c2ccccc2)n(-c2ccccc2)n1. The smallest absolute Gasteiger partial charge is 0.309 e. The van der Waals surface area contributed by atoms with Gasteiger partial charge in [-0.3, -0.25) is 25.5 Å². The first-order valence-corrected chi connectivity index (χ1v) is 9.95. The minimum Gasteiger partial charge on any atom is -0.472 e. The van der Waals surface area contributed by atoms with Crippen molar-refractivity contribution < 1.29 is 14.0 Å². The van der Waals surface area contributed by atoms with Crippen molar-refractivity contribution >= 4 is 11.8 Å². The standard InChI is InChI=1S/C23H17N7O3/c31-22(18-13-24-26-19(18)16-11-12-33-14-16)27-28-23(32)20-25-21(15-7-3-1-4-8-15)30(29-20)17-9-5-2-6-10-17/h1-14H,(H,24,26)(H,27,31)(H,28,32). The van der Waals surface area contributed by atoms with E-state index in [0.717, 1.165) is 11.3 Å². The average Bonchev–Trinajstić information content (AvgIpc) is 3.63. The first-order valence-electron chi connectivity index (χ1n) is 9.95. The monoisotopic (exact) mass is 439 g/mol. The average molecular weight is 439 g/mol. The lowest BCUT2D eigenvalue weighted by molar-refractivity contribution is 0.0841. The summed E-state index contributed by atoms with van der Waals surface area (Å²) in [5, 5.41) is 11.0. The number of carbonyl (C=O) groups excluding carboxylic acids is 2. The van der Waals surface area contributed by atoms with Crippen LogP contribution in [0.25, 0.3) is 28.3 Å². The number of nitrogens with zero attached hydrogens (tertiary/aromatic N) is 4. The molecule has 0 fully saturated rings. The molecular formula is C23H17N7O3. The van der Waals surface area contributed by atoms with Crippen LogP contribution in [-0.4, -0.2) is 36.8 Å². The summed E-state index contributed by atoms with van der Waals surface area (Å²) >= 11 is 0. The first kappa shape index (κ1) is 19.9. The van der Waals surface area contributed by atoms with Gasteiger partial charge in [0.1, 0.15) is 0 Å². The van der Waals surface area contributed by atoms with Crippen molar-refractivity contribution in [3.8, 4) is 28.3 Å². The van der Waals surface area contributed by atoms with E-state index in [1.54, 1.807) is 10.7 Å². The number of aromatic amines is 1. The van der Waals surface area contributed by atoms with Crippen LogP contribution in [0.5, 0.6) is 0 Å². The van der Waals surface area contributed by atoms with Crippen LogP contribution in [-0.2, 0) is 0 Å². The van der Waals surface area contributed by atoms with Crippen molar-refractivity contribution in [2.24, 2.45) is 0 Å². The lowest BCUT2D eigenvalue weighted by atomic mass is 10.1. The summed E-state index contributed by atoms with van der Waals surface area (Å²) in [5.41, 5.74) is 7.63. The molecule has 3 heterocycles. The van der Waals surface area contributed by atoms with Gasteiger partial charge in [0.2, 0.25) is 5.82 Å². The third-order valence-corrected chi connectivity index (χ3v) is 4.83. The number of H-pyrrole nitrogens is 1. The second-order valence-electron chi connectivity index (χ2n) is 6.95. The van der Waals surface area contributed by atoms with E-state index in [-0.39, 0.29) is 11.4 Å². The number of carbonyl (C=O) groups is 2. The Kier molecular flexibility index (Phi) is 5.22. The molecule has 3 aromatic heterocycles. The van der Waals surface area contributed by atoms with Crippen LogP contribution < -0.4 is 10.9 Å². The fraction of sp³-hybridized carbons (Fsp3) is 0. The molecule has 0 radical (unpaired) electrons. The van der Waals surface area contributed by atoms with Gasteiger partial charge in [-0.2, -0.15) is 5.10 Å². The summed E-state index contributed by atoms with van der Waals surface area (Å²) in [5.74, 6) is -0.821. The molecule has 0 unspecified atom stereocenters. The number of benzene rings is 2. The largest absolute Gasteiger partial charge is 0.472 e. The fourth-order valence-electron chi connectivity index (χ4n) is 3.25. The molecule has 0 saturated carbocycles. The third-order valence-electron chi connectivity index (χ3n) is 4.83. The number of hydrogen-bond acceptors (Lipinski definition) is 6. The van der Waals surface area contributed by atoms with Crippen LogP contribution in [0, 0.1) is 0 Å². The predicted molar refractivity (Wildman–Crippen MR) is 118 cm³/mol. The Labute approximate surface area is 187 Å². The van der Waals surface area contributed by atoms with Gasteiger partial charge in [-0.1, -0.05) is 48.5 Å². The number of para-hydroxylation sites is 1. The molecule has 0 aliphatic carbocycles. The highest BCUT2D eigenvalue weighted by Crippen LogP contribution is 2.22. The van der Waals surface area contributed by atoms with Crippen LogP contribution in [0.3, 0.4) is 0 Å². The maximum Gasteiger partial charge on any atom is 0.309 e. The molecule has 0 spiro atoms. The summed E-state index contributed by atoms with van der Waals surface area (Å²) in [6, 6.07) is 20.4. The molecule has 162 valence electrons. The molecule has 0 aliphatic heterocycles. The number of rotatable bonds is 5. The zero-order valence-electron chi connectivity index (χ0n) is 17.1. The summed E-state index contributed by atoms with van der Waals surface area (Å²) in [7, 11) is 0. The maximum absolute atomic E-state index is 12.8. The van der Waals surface area contributed by atoms with Crippen molar-refractivity contribution in [2.45, 2.75) is 0 Å². The molecule has 10 nitrogen and oxygen atoms in total. The molecule has 33 heavy (non-hydrogen) atoms. The van der Waals surface area contributed by atoms with Crippen LogP contribution in [0.1, 0.15) is 21.0 Å². The highest BCUT2D eigenvalue weighted by molar-refractivity contribution is 6.01. The summed E-state index contributed by atoms with van der Waals surface area (Å²) in [6.45, 7) is 0.